The number of hydrogen-bond acceptors (Lipinski definition) is 6. The number of nitrogens with one attached hydrogen (secondary N) is 1. The fraction of sp³-hybridized carbons (Fsp3) is 0.280. The summed E-state index contributed by atoms with van der Waals surface area (Å²) >= 11 is 0. The number of anilines is 2. The highest BCUT2D eigenvalue weighted by Gasteiger charge is 2.30. The van der Waals surface area contributed by atoms with Crippen molar-refractivity contribution < 1.29 is 13.2 Å². The molecule has 1 aliphatic carbocycles. The van der Waals surface area contributed by atoms with Crippen molar-refractivity contribution in [2.45, 2.75) is 39.2 Å². The van der Waals surface area contributed by atoms with Crippen LogP contribution in [0.1, 0.15) is 37.9 Å². The molecule has 4 aromatic rings. The summed E-state index contributed by atoms with van der Waals surface area (Å²) in [5.74, 6) is 1.24. The fourth-order valence-electron chi connectivity index (χ4n) is 4.19. The van der Waals surface area contributed by atoms with Crippen LogP contribution in [-0.2, 0) is 10.0 Å². The first-order chi connectivity index (χ1) is 16.4. The second-order valence-electron chi connectivity index (χ2n) is 8.59. The van der Waals surface area contributed by atoms with E-state index in [9.17, 15) is 8.42 Å². The highest BCUT2D eigenvalue weighted by molar-refractivity contribution is 7.92. The maximum absolute atomic E-state index is 12.1. The molecule has 1 saturated carbocycles. The first-order valence-electron chi connectivity index (χ1n) is 11.4. The van der Waals surface area contributed by atoms with Crippen LogP contribution in [0.3, 0.4) is 0 Å². The van der Waals surface area contributed by atoms with Crippen molar-refractivity contribution in [2.75, 3.05) is 16.2 Å². The summed E-state index contributed by atoms with van der Waals surface area (Å²) < 4.78 is 35.1. The molecule has 0 saturated heterocycles. The number of aryl methyl sites for hydroxylation is 1. The van der Waals surface area contributed by atoms with Gasteiger partial charge in [-0.3, -0.25) is 9.71 Å². The van der Waals surface area contributed by atoms with Gasteiger partial charge in [-0.05, 0) is 50.5 Å². The Bertz CT molecular complexity index is 1460. The van der Waals surface area contributed by atoms with Crippen LogP contribution >= 0.6 is 0 Å². The number of nitrogens with two attached hydrogens (primary N) is 1. The predicted molar refractivity (Wildman–Crippen MR) is 135 cm³/mol. The molecule has 0 amide bonds. The molecule has 5 rings (SSSR count). The Morgan fingerprint density at radius 3 is 2.53 bits per heavy atom. The van der Waals surface area contributed by atoms with Gasteiger partial charge in [0.15, 0.2) is 0 Å². The molecular formula is C25H27N5O3S. The lowest BCUT2D eigenvalue weighted by Crippen LogP contribution is -2.15. The summed E-state index contributed by atoms with van der Waals surface area (Å²) in [7, 11) is -3.34. The van der Waals surface area contributed by atoms with Gasteiger partial charge in [0.1, 0.15) is 5.75 Å². The summed E-state index contributed by atoms with van der Waals surface area (Å²) in [5, 5.41) is 0.956. The Morgan fingerprint density at radius 2 is 1.85 bits per heavy atom. The molecule has 2 aromatic heterocycles. The number of fused-ring (bicyclic) bond motifs is 1. The predicted octanol–water partition coefficient (Wildman–Crippen LogP) is 5.27. The zero-order chi connectivity index (χ0) is 23.9. The van der Waals surface area contributed by atoms with Crippen LogP contribution in [0.2, 0.25) is 0 Å². The van der Waals surface area contributed by atoms with Crippen LogP contribution in [0.5, 0.6) is 11.6 Å². The summed E-state index contributed by atoms with van der Waals surface area (Å²) in [6.07, 6.45) is 5.97. The number of nitrogens with zero attached hydrogens (tertiary/aromatic N) is 3. The van der Waals surface area contributed by atoms with E-state index >= 15 is 0 Å². The molecule has 34 heavy (non-hydrogen) atoms. The van der Waals surface area contributed by atoms with Crippen molar-refractivity contribution in [3.05, 3.63) is 60.6 Å². The third kappa shape index (κ3) is 4.31. The minimum Gasteiger partial charge on any atom is -0.437 e. The molecule has 9 heteroatoms. The molecule has 8 nitrogen and oxygen atoms in total. The Kier molecular flexibility index (Phi) is 5.65. The van der Waals surface area contributed by atoms with Crippen molar-refractivity contribution in [3.63, 3.8) is 0 Å². The van der Waals surface area contributed by atoms with E-state index in [4.69, 9.17) is 10.5 Å². The quantitative estimate of drug-likeness (QED) is 0.358. The highest BCUT2D eigenvalue weighted by Crippen LogP contribution is 2.47. The maximum Gasteiger partial charge on any atom is 0.240 e. The van der Waals surface area contributed by atoms with Gasteiger partial charge >= 0.3 is 0 Å². The maximum atomic E-state index is 12.1. The lowest BCUT2D eigenvalue weighted by atomic mass is 10.1. The molecule has 2 aromatic carbocycles. The van der Waals surface area contributed by atoms with Gasteiger partial charge in [-0.2, -0.15) is 0 Å². The number of rotatable bonds is 8. The van der Waals surface area contributed by atoms with Crippen molar-refractivity contribution in [1.29, 1.82) is 0 Å². The monoisotopic (exact) mass is 477 g/mol. The molecule has 1 aliphatic rings. The minimum atomic E-state index is -3.34. The number of ether oxygens (including phenoxy) is 1. The van der Waals surface area contributed by atoms with Crippen LogP contribution in [0.25, 0.3) is 22.2 Å². The molecule has 0 atom stereocenters. The van der Waals surface area contributed by atoms with E-state index in [-0.39, 0.29) is 5.75 Å². The van der Waals surface area contributed by atoms with Gasteiger partial charge in [0.25, 0.3) is 0 Å². The number of hydrogen-bond donors (Lipinski definition) is 2. The average Bonchev–Trinajstić information content (AvgIpc) is 3.60. The topological polar surface area (TPSA) is 112 Å². The van der Waals surface area contributed by atoms with Crippen molar-refractivity contribution in [3.8, 4) is 22.9 Å². The molecule has 0 bridgehead atoms. The summed E-state index contributed by atoms with van der Waals surface area (Å²) in [6.45, 7) is 3.70. The van der Waals surface area contributed by atoms with Gasteiger partial charge < -0.3 is 15.0 Å². The SMILES string of the molecule is CCCS(=O)(=O)Nc1ccc(-c2c(N)c3ccc(Oc4nccnc4C)cc3n2C2CC2)cc1. The first-order valence-corrected chi connectivity index (χ1v) is 13.0. The third-order valence-corrected chi connectivity index (χ3v) is 7.37. The van der Waals surface area contributed by atoms with Crippen LogP contribution in [0.4, 0.5) is 11.4 Å². The van der Waals surface area contributed by atoms with E-state index in [1.807, 2.05) is 44.2 Å². The second kappa shape index (κ2) is 8.64. The largest absolute Gasteiger partial charge is 0.437 e. The number of aromatic nitrogens is 3. The Morgan fingerprint density at radius 1 is 1.12 bits per heavy atom. The van der Waals surface area contributed by atoms with Gasteiger partial charge in [-0.1, -0.05) is 19.1 Å². The standard InChI is InChI=1S/C25H27N5O3S/c1-3-14-34(31,32)29-18-6-4-17(5-7-18)24-23(26)21-11-10-20(15-22(21)30(24)19-8-9-19)33-25-16(2)27-12-13-28-25/h4-7,10-13,15,19,29H,3,8-9,14,26H2,1-2H3. The molecule has 2 heterocycles. The van der Waals surface area contributed by atoms with E-state index in [2.05, 4.69) is 19.3 Å². The van der Waals surface area contributed by atoms with E-state index in [0.717, 1.165) is 40.7 Å². The van der Waals surface area contributed by atoms with E-state index in [0.29, 0.717) is 35.5 Å². The fourth-order valence-corrected chi connectivity index (χ4v) is 5.32. The third-order valence-electron chi connectivity index (χ3n) is 5.88. The number of nitrogen functional groups attached to an aromatic ring is 1. The Labute approximate surface area is 198 Å². The van der Waals surface area contributed by atoms with E-state index in [1.165, 1.54) is 0 Å². The van der Waals surface area contributed by atoms with Crippen LogP contribution in [0.15, 0.2) is 54.9 Å². The normalized spacial score (nSPS) is 13.8. The summed E-state index contributed by atoms with van der Waals surface area (Å²) in [6, 6.07) is 13.6. The summed E-state index contributed by atoms with van der Waals surface area (Å²) in [4.78, 5) is 8.51. The van der Waals surface area contributed by atoms with Crippen molar-refractivity contribution in [1.82, 2.24) is 14.5 Å². The molecule has 0 spiro atoms. The van der Waals surface area contributed by atoms with Crippen LogP contribution in [-0.4, -0.2) is 28.7 Å². The van der Waals surface area contributed by atoms with Gasteiger partial charge in [-0.25, -0.2) is 13.4 Å². The van der Waals surface area contributed by atoms with Crippen molar-refractivity contribution >= 4 is 32.3 Å². The van der Waals surface area contributed by atoms with Gasteiger partial charge in [0.05, 0.1) is 28.3 Å². The van der Waals surface area contributed by atoms with E-state index < -0.39 is 10.0 Å². The molecule has 176 valence electrons. The molecule has 0 aliphatic heterocycles. The second-order valence-corrected chi connectivity index (χ2v) is 10.4. The average molecular weight is 478 g/mol. The number of benzene rings is 2. The molecular weight excluding hydrogens is 450 g/mol. The zero-order valence-electron chi connectivity index (χ0n) is 19.2. The highest BCUT2D eigenvalue weighted by atomic mass is 32.2. The number of sulfonamides is 1. The minimum absolute atomic E-state index is 0.0934. The molecule has 3 N–H and O–H groups in total. The molecule has 0 radical (unpaired) electrons. The van der Waals surface area contributed by atoms with Gasteiger partial charge in [0.2, 0.25) is 15.9 Å². The first kappa shape index (κ1) is 22.2. The Hall–Kier alpha value is -3.59. The lowest BCUT2D eigenvalue weighted by Gasteiger charge is -2.12. The smallest absolute Gasteiger partial charge is 0.240 e. The molecule has 1 fully saturated rings. The van der Waals surface area contributed by atoms with Crippen LogP contribution < -0.4 is 15.2 Å². The summed E-state index contributed by atoms with van der Waals surface area (Å²) in [5.41, 5.74) is 11.5. The zero-order valence-corrected chi connectivity index (χ0v) is 20.0. The Balaban J connectivity index is 1.53. The molecule has 0 unspecified atom stereocenters. The van der Waals surface area contributed by atoms with Gasteiger partial charge in [0, 0.05) is 41.1 Å². The lowest BCUT2D eigenvalue weighted by molar-refractivity contribution is 0.455. The van der Waals surface area contributed by atoms with Crippen LogP contribution in [0, 0.1) is 6.92 Å². The van der Waals surface area contributed by atoms with Crippen molar-refractivity contribution in [2.24, 2.45) is 0 Å². The van der Waals surface area contributed by atoms with Gasteiger partial charge in [-0.15, -0.1) is 0 Å². The van der Waals surface area contributed by atoms with E-state index in [1.54, 1.807) is 24.5 Å².